The van der Waals surface area contributed by atoms with E-state index in [1.165, 1.54) is 30.2 Å². The van der Waals surface area contributed by atoms with Gasteiger partial charge in [0.2, 0.25) is 0 Å². The molecule has 7 nitrogen and oxygen atoms in total. The van der Waals surface area contributed by atoms with Gasteiger partial charge in [-0.25, -0.2) is 4.79 Å². The monoisotopic (exact) mass is 312 g/mol. The highest BCUT2D eigenvalue weighted by atomic mass is 35.5. The van der Waals surface area contributed by atoms with Gasteiger partial charge in [0.05, 0.1) is 12.0 Å². The number of carbonyl (C=O) groups is 2. The highest BCUT2D eigenvalue weighted by Crippen LogP contribution is 2.31. The summed E-state index contributed by atoms with van der Waals surface area (Å²) in [5.41, 5.74) is -0.567. The number of benzene rings is 1. The van der Waals surface area contributed by atoms with Crippen molar-refractivity contribution in [2.45, 2.75) is 18.9 Å². The number of amides is 1. The molecule has 1 heterocycles. The Bertz CT molecular complexity index is 604. The summed E-state index contributed by atoms with van der Waals surface area (Å²) in [5, 5.41) is 11.0. The molecule has 0 aromatic heterocycles. The number of rotatable bonds is 3. The maximum atomic E-state index is 12.5. The van der Waals surface area contributed by atoms with Gasteiger partial charge < -0.3 is 9.64 Å². The van der Waals surface area contributed by atoms with Crippen LogP contribution >= 0.6 is 11.6 Å². The Morgan fingerprint density at radius 2 is 2.19 bits per heavy atom. The van der Waals surface area contributed by atoms with Crippen molar-refractivity contribution in [1.29, 1.82) is 0 Å². The van der Waals surface area contributed by atoms with Crippen LogP contribution in [0.3, 0.4) is 0 Å². The lowest BCUT2D eigenvalue weighted by Gasteiger charge is -2.22. The third-order valence-electron chi connectivity index (χ3n) is 3.39. The van der Waals surface area contributed by atoms with E-state index in [2.05, 4.69) is 4.74 Å². The van der Waals surface area contributed by atoms with E-state index in [4.69, 9.17) is 11.6 Å². The fourth-order valence-corrected chi connectivity index (χ4v) is 2.66. The van der Waals surface area contributed by atoms with Crippen LogP contribution in [0.25, 0.3) is 0 Å². The van der Waals surface area contributed by atoms with Crippen LogP contribution in [0.1, 0.15) is 23.2 Å². The number of ether oxygens (including phenoxy) is 1. The van der Waals surface area contributed by atoms with Crippen molar-refractivity contribution in [2.75, 3.05) is 13.7 Å². The minimum Gasteiger partial charge on any atom is -0.467 e. The highest BCUT2D eigenvalue weighted by Gasteiger charge is 2.37. The number of hydrogen-bond acceptors (Lipinski definition) is 5. The molecule has 1 aliphatic heterocycles. The summed E-state index contributed by atoms with van der Waals surface area (Å²) >= 11 is 5.80. The smallest absolute Gasteiger partial charge is 0.328 e. The van der Waals surface area contributed by atoms with Crippen LogP contribution in [0, 0.1) is 10.1 Å². The van der Waals surface area contributed by atoms with Crippen LogP contribution in [0.4, 0.5) is 5.69 Å². The Labute approximate surface area is 125 Å². The number of halogens is 1. The quantitative estimate of drug-likeness (QED) is 0.484. The molecule has 0 radical (unpaired) electrons. The maximum Gasteiger partial charge on any atom is 0.328 e. The zero-order chi connectivity index (χ0) is 15.6. The number of para-hydroxylation sites is 1. The summed E-state index contributed by atoms with van der Waals surface area (Å²) in [7, 11) is 1.24. The average molecular weight is 313 g/mol. The summed E-state index contributed by atoms with van der Waals surface area (Å²) in [4.78, 5) is 35.9. The van der Waals surface area contributed by atoms with Crippen molar-refractivity contribution in [3.05, 3.63) is 38.9 Å². The van der Waals surface area contributed by atoms with Gasteiger partial charge in [0, 0.05) is 6.54 Å². The molecular weight excluding hydrogens is 300 g/mol. The van der Waals surface area contributed by atoms with Gasteiger partial charge in [-0.15, -0.1) is 0 Å². The molecule has 1 aromatic carbocycles. The molecule has 0 aliphatic carbocycles. The van der Waals surface area contributed by atoms with E-state index in [0.717, 1.165) is 0 Å². The van der Waals surface area contributed by atoms with Crippen molar-refractivity contribution >= 4 is 29.2 Å². The SMILES string of the molecule is COC(=O)C1CCCN1C(=O)c1cccc(Cl)c1[N+](=O)[O-]. The molecule has 8 heteroatoms. The molecule has 1 aliphatic rings. The number of carbonyl (C=O) groups excluding carboxylic acids is 2. The number of esters is 1. The van der Waals surface area contributed by atoms with Crippen molar-refractivity contribution in [1.82, 2.24) is 4.90 Å². The second kappa shape index (κ2) is 6.09. The van der Waals surface area contributed by atoms with E-state index < -0.39 is 28.5 Å². The van der Waals surface area contributed by atoms with Crippen molar-refractivity contribution in [3.63, 3.8) is 0 Å². The molecule has 1 saturated heterocycles. The number of nitro groups is 1. The standard InChI is InChI=1S/C13H13ClN2O5/c1-21-13(18)10-6-3-7-15(10)12(17)8-4-2-5-9(14)11(8)16(19)20/h2,4-5,10H,3,6-7H2,1H3. The fraction of sp³-hybridized carbons (Fsp3) is 0.385. The first kappa shape index (κ1) is 15.2. The van der Waals surface area contributed by atoms with Gasteiger partial charge in [-0.1, -0.05) is 17.7 Å². The van der Waals surface area contributed by atoms with Crippen LogP contribution < -0.4 is 0 Å². The predicted octanol–water partition coefficient (Wildman–Crippen LogP) is 2.03. The number of likely N-dealkylation sites (tertiary alicyclic amines) is 1. The third-order valence-corrected chi connectivity index (χ3v) is 3.69. The molecule has 0 N–H and O–H groups in total. The van der Waals surface area contributed by atoms with Gasteiger partial charge in [-0.2, -0.15) is 0 Å². The van der Waals surface area contributed by atoms with E-state index in [0.29, 0.717) is 19.4 Å². The largest absolute Gasteiger partial charge is 0.467 e. The topological polar surface area (TPSA) is 89.8 Å². The fourth-order valence-electron chi connectivity index (χ4n) is 2.42. The summed E-state index contributed by atoms with van der Waals surface area (Å²) < 4.78 is 4.66. The van der Waals surface area contributed by atoms with Crippen LogP contribution in [0.15, 0.2) is 18.2 Å². The lowest BCUT2D eigenvalue weighted by atomic mass is 10.1. The predicted molar refractivity (Wildman–Crippen MR) is 74.2 cm³/mol. The maximum absolute atomic E-state index is 12.5. The molecule has 0 bridgehead atoms. The van der Waals surface area contributed by atoms with Gasteiger partial charge in [0.15, 0.2) is 0 Å². The molecule has 1 fully saturated rings. The molecule has 1 atom stereocenters. The van der Waals surface area contributed by atoms with E-state index in [9.17, 15) is 19.7 Å². The minimum atomic E-state index is -0.707. The molecule has 1 unspecified atom stereocenters. The molecule has 112 valence electrons. The zero-order valence-electron chi connectivity index (χ0n) is 11.2. The Kier molecular flexibility index (Phi) is 4.42. The van der Waals surface area contributed by atoms with Crippen molar-refractivity contribution < 1.29 is 19.2 Å². The van der Waals surface area contributed by atoms with Gasteiger partial charge in [-0.05, 0) is 25.0 Å². The molecule has 21 heavy (non-hydrogen) atoms. The summed E-state index contributed by atoms with van der Waals surface area (Å²) in [6, 6.07) is 3.43. The minimum absolute atomic E-state index is 0.111. The average Bonchev–Trinajstić information content (AvgIpc) is 2.94. The first-order valence-corrected chi connectivity index (χ1v) is 6.67. The van der Waals surface area contributed by atoms with Gasteiger partial charge in [0.1, 0.15) is 16.6 Å². The third kappa shape index (κ3) is 2.82. The zero-order valence-corrected chi connectivity index (χ0v) is 12.0. The Balaban J connectivity index is 2.39. The normalized spacial score (nSPS) is 17.6. The molecule has 1 aromatic rings. The van der Waals surface area contributed by atoms with E-state index in [-0.39, 0.29) is 10.6 Å². The van der Waals surface area contributed by atoms with Crippen LogP contribution in [0.2, 0.25) is 5.02 Å². The van der Waals surface area contributed by atoms with Crippen molar-refractivity contribution in [2.24, 2.45) is 0 Å². The van der Waals surface area contributed by atoms with E-state index in [1.54, 1.807) is 0 Å². The summed E-state index contributed by atoms with van der Waals surface area (Å²) in [5.74, 6) is -1.11. The van der Waals surface area contributed by atoms with Crippen LogP contribution in [-0.4, -0.2) is 41.4 Å². The lowest BCUT2D eigenvalue weighted by molar-refractivity contribution is -0.385. The molecule has 1 amide bonds. The first-order chi connectivity index (χ1) is 9.97. The van der Waals surface area contributed by atoms with Gasteiger partial charge >= 0.3 is 11.7 Å². The number of nitrogens with zero attached hydrogens (tertiary/aromatic N) is 2. The highest BCUT2D eigenvalue weighted by molar-refractivity contribution is 6.33. The number of hydrogen-bond donors (Lipinski definition) is 0. The molecular formula is C13H13ClN2O5. The van der Waals surface area contributed by atoms with Crippen molar-refractivity contribution in [3.8, 4) is 0 Å². The molecule has 0 spiro atoms. The van der Waals surface area contributed by atoms with Gasteiger partial charge in [0.25, 0.3) is 5.91 Å². The first-order valence-electron chi connectivity index (χ1n) is 6.29. The van der Waals surface area contributed by atoms with Crippen LogP contribution in [-0.2, 0) is 9.53 Å². The molecule has 2 rings (SSSR count). The van der Waals surface area contributed by atoms with Gasteiger partial charge in [-0.3, -0.25) is 14.9 Å². The summed E-state index contributed by atoms with van der Waals surface area (Å²) in [6.07, 6.45) is 1.12. The van der Waals surface area contributed by atoms with E-state index >= 15 is 0 Å². The Morgan fingerprint density at radius 3 is 2.81 bits per heavy atom. The number of nitro benzene ring substituents is 1. The van der Waals surface area contributed by atoms with E-state index in [1.807, 2.05) is 0 Å². The summed E-state index contributed by atoms with van der Waals surface area (Å²) in [6.45, 7) is 0.349. The Morgan fingerprint density at radius 1 is 1.48 bits per heavy atom. The Hall–Kier alpha value is -2.15. The number of methoxy groups -OCH3 is 1. The second-order valence-electron chi connectivity index (χ2n) is 4.57. The molecule has 0 saturated carbocycles. The lowest BCUT2D eigenvalue weighted by Crippen LogP contribution is -2.41. The van der Waals surface area contributed by atoms with Crippen LogP contribution in [0.5, 0.6) is 0 Å². The second-order valence-corrected chi connectivity index (χ2v) is 4.98.